The maximum absolute atomic E-state index is 11.1. The number of aromatic amines is 1. The van der Waals surface area contributed by atoms with Gasteiger partial charge in [0.2, 0.25) is 0 Å². The third kappa shape index (κ3) is 1.02. The number of fused-ring (bicyclic) bond motifs is 1. The van der Waals surface area contributed by atoms with Crippen molar-refractivity contribution in [2.45, 2.75) is 10.4 Å². The highest BCUT2D eigenvalue weighted by Crippen LogP contribution is 2.35. The molecule has 2 N–H and O–H groups in total. The lowest BCUT2D eigenvalue weighted by Gasteiger charge is -2.04. The number of aromatic nitrogens is 1. The van der Waals surface area contributed by atoms with E-state index in [-0.39, 0.29) is 11.8 Å². The molecule has 0 aliphatic carbocycles. The Hall–Kier alpha value is -0.300. The molecule has 1 aliphatic heterocycles. The molecule has 0 amide bonds. The lowest BCUT2D eigenvalue weighted by Crippen LogP contribution is -2.17. The zero-order valence-corrected chi connectivity index (χ0v) is 7.34. The molecule has 6 heteroatoms. The Morgan fingerprint density at radius 3 is 3.18 bits per heavy atom. The van der Waals surface area contributed by atoms with Gasteiger partial charge < -0.3 is 4.74 Å². The van der Waals surface area contributed by atoms with Gasteiger partial charge in [0.05, 0.1) is 5.56 Å². The zero-order valence-electron chi connectivity index (χ0n) is 5.71. The summed E-state index contributed by atoms with van der Waals surface area (Å²) < 4.78 is 11.6. The van der Waals surface area contributed by atoms with Crippen molar-refractivity contribution in [3.63, 3.8) is 0 Å². The van der Waals surface area contributed by atoms with E-state index in [0.717, 1.165) is 4.21 Å². The Labute approximate surface area is 71.2 Å². The number of rotatable bonds is 1. The van der Waals surface area contributed by atoms with Gasteiger partial charge in [-0.15, -0.1) is 0 Å². The lowest BCUT2D eigenvalue weighted by atomic mass is 10.3. The first kappa shape index (κ1) is 7.35. The first-order valence-corrected chi connectivity index (χ1v) is 4.62. The van der Waals surface area contributed by atoms with Crippen LogP contribution in [0.1, 0.15) is 11.8 Å². The van der Waals surface area contributed by atoms with Gasteiger partial charge in [0.1, 0.15) is 10.4 Å². The Morgan fingerprint density at radius 2 is 2.45 bits per heavy atom. The highest BCUT2D eigenvalue weighted by atomic mass is 32.2. The molecule has 0 radical (unpaired) electrons. The van der Waals surface area contributed by atoms with Crippen LogP contribution in [-0.2, 0) is 4.74 Å². The monoisotopic (exact) mass is 190 g/mol. The van der Waals surface area contributed by atoms with Crippen LogP contribution in [-0.4, -0.2) is 11.5 Å². The van der Waals surface area contributed by atoms with Gasteiger partial charge in [0.25, 0.3) is 5.56 Å². The minimum Gasteiger partial charge on any atom is -0.361 e. The van der Waals surface area contributed by atoms with Crippen LogP contribution in [0.2, 0.25) is 0 Å². The van der Waals surface area contributed by atoms with E-state index in [1.54, 1.807) is 7.11 Å². The largest absolute Gasteiger partial charge is 0.361 e. The fraction of sp³-hybridized carbons (Fsp3) is 0.400. The second-order valence-corrected chi connectivity index (χ2v) is 3.99. The van der Waals surface area contributed by atoms with E-state index in [2.05, 4.69) is 9.10 Å². The first-order valence-electron chi connectivity index (χ1n) is 2.99. The van der Waals surface area contributed by atoms with E-state index >= 15 is 0 Å². The minimum absolute atomic E-state index is 0.0469. The van der Waals surface area contributed by atoms with Crippen LogP contribution in [0.25, 0.3) is 0 Å². The number of hydrogen-bond acceptors (Lipinski definition) is 5. The van der Waals surface area contributed by atoms with Crippen LogP contribution in [0.15, 0.2) is 9.00 Å². The number of nitrogens with one attached hydrogen (secondary N) is 2. The topological polar surface area (TPSA) is 54.1 Å². The average molecular weight is 190 g/mol. The predicted octanol–water partition coefficient (Wildman–Crippen LogP) is 0.692. The summed E-state index contributed by atoms with van der Waals surface area (Å²) in [6.45, 7) is 0. The number of ether oxygens (including phenoxy) is 1. The SMILES string of the molecule is COC1NSc2s[nH]c(=O)c21. The predicted molar refractivity (Wildman–Crippen MR) is 43.7 cm³/mol. The standard InChI is InChI=1S/C5H6N2O2S2/c1-9-4-2-3(8)6-10-5(2)11-7-4/h4,7H,1H3,(H,6,8). The third-order valence-corrected chi connectivity index (χ3v) is 3.39. The maximum Gasteiger partial charge on any atom is 0.266 e. The van der Waals surface area contributed by atoms with E-state index in [9.17, 15) is 4.79 Å². The fourth-order valence-electron chi connectivity index (χ4n) is 0.929. The van der Waals surface area contributed by atoms with Gasteiger partial charge in [-0.05, 0) is 11.9 Å². The molecule has 0 saturated heterocycles. The molecule has 1 aromatic rings. The molecule has 1 aliphatic rings. The summed E-state index contributed by atoms with van der Waals surface area (Å²) in [5.74, 6) is 0. The summed E-state index contributed by atoms with van der Waals surface area (Å²) in [6.07, 6.45) is -0.245. The molecule has 4 nitrogen and oxygen atoms in total. The summed E-state index contributed by atoms with van der Waals surface area (Å²) in [5.41, 5.74) is 0.664. The maximum atomic E-state index is 11.1. The summed E-state index contributed by atoms with van der Waals surface area (Å²) in [6, 6.07) is 0. The van der Waals surface area contributed by atoms with Crippen molar-refractivity contribution in [1.82, 2.24) is 9.10 Å². The van der Waals surface area contributed by atoms with Gasteiger partial charge in [0, 0.05) is 7.11 Å². The van der Waals surface area contributed by atoms with E-state index < -0.39 is 0 Å². The van der Waals surface area contributed by atoms with Crippen LogP contribution < -0.4 is 10.3 Å². The molecule has 0 saturated carbocycles. The van der Waals surface area contributed by atoms with Gasteiger partial charge >= 0.3 is 0 Å². The molecule has 0 spiro atoms. The first-order chi connectivity index (χ1) is 5.33. The van der Waals surface area contributed by atoms with E-state index in [1.165, 1.54) is 23.5 Å². The van der Waals surface area contributed by atoms with Crippen molar-refractivity contribution in [2.24, 2.45) is 0 Å². The average Bonchev–Trinajstić information content (AvgIpc) is 2.54. The second kappa shape index (κ2) is 2.63. The molecule has 1 aromatic heterocycles. The summed E-state index contributed by atoms with van der Waals surface area (Å²) in [7, 11) is 1.57. The van der Waals surface area contributed by atoms with Crippen LogP contribution in [0.5, 0.6) is 0 Å². The van der Waals surface area contributed by atoms with Crippen molar-refractivity contribution in [3.8, 4) is 0 Å². The van der Waals surface area contributed by atoms with Gasteiger partial charge in [-0.1, -0.05) is 11.5 Å². The quantitative estimate of drug-likeness (QED) is 0.640. The minimum atomic E-state index is -0.245. The van der Waals surface area contributed by atoms with Crippen LogP contribution in [0.3, 0.4) is 0 Å². The molecule has 0 fully saturated rings. The molecule has 2 heterocycles. The van der Waals surface area contributed by atoms with Crippen molar-refractivity contribution >= 4 is 23.5 Å². The van der Waals surface area contributed by atoms with Gasteiger partial charge in [-0.2, -0.15) is 0 Å². The van der Waals surface area contributed by atoms with Crippen molar-refractivity contribution in [3.05, 3.63) is 15.9 Å². The Balaban J connectivity index is 2.51. The summed E-state index contributed by atoms with van der Waals surface area (Å²) in [5, 5.41) is 0. The second-order valence-electron chi connectivity index (χ2n) is 2.07. The van der Waals surface area contributed by atoms with Crippen molar-refractivity contribution in [1.29, 1.82) is 0 Å². The summed E-state index contributed by atoms with van der Waals surface area (Å²) >= 11 is 2.77. The summed E-state index contributed by atoms with van der Waals surface area (Å²) in [4.78, 5) is 11.1. The van der Waals surface area contributed by atoms with Gasteiger partial charge in [0.15, 0.2) is 0 Å². The van der Waals surface area contributed by atoms with Crippen molar-refractivity contribution < 1.29 is 4.74 Å². The molecule has 0 aromatic carbocycles. The molecule has 2 rings (SSSR count). The number of H-pyrrole nitrogens is 1. The van der Waals surface area contributed by atoms with Crippen LogP contribution in [0.4, 0.5) is 0 Å². The third-order valence-electron chi connectivity index (χ3n) is 1.46. The molecular weight excluding hydrogens is 184 g/mol. The van der Waals surface area contributed by atoms with Crippen LogP contribution in [0, 0.1) is 0 Å². The smallest absolute Gasteiger partial charge is 0.266 e. The van der Waals surface area contributed by atoms with Gasteiger partial charge in [-0.3, -0.25) is 9.17 Å². The molecule has 1 unspecified atom stereocenters. The Bertz CT molecular complexity index is 319. The Morgan fingerprint density at radius 1 is 1.64 bits per heavy atom. The van der Waals surface area contributed by atoms with Crippen LogP contribution >= 0.6 is 23.5 Å². The number of hydrogen-bond donors (Lipinski definition) is 2. The highest BCUT2D eigenvalue weighted by Gasteiger charge is 2.27. The van der Waals surface area contributed by atoms with E-state index in [0.29, 0.717) is 5.56 Å². The normalized spacial score (nSPS) is 22.1. The molecule has 60 valence electrons. The molecule has 0 bridgehead atoms. The van der Waals surface area contributed by atoms with Crippen molar-refractivity contribution in [2.75, 3.05) is 7.11 Å². The molecular formula is C5H6N2O2S2. The molecule has 1 atom stereocenters. The number of methoxy groups -OCH3 is 1. The zero-order chi connectivity index (χ0) is 7.84. The van der Waals surface area contributed by atoms with E-state index in [4.69, 9.17) is 4.74 Å². The lowest BCUT2D eigenvalue weighted by molar-refractivity contribution is 0.0979. The molecule has 11 heavy (non-hydrogen) atoms. The highest BCUT2D eigenvalue weighted by molar-refractivity contribution is 7.99. The van der Waals surface area contributed by atoms with E-state index in [1.807, 2.05) is 0 Å². The van der Waals surface area contributed by atoms with Gasteiger partial charge in [-0.25, -0.2) is 4.72 Å². The Kier molecular flexibility index (Phi) is 1.76. The fourth-order valence-corrected chi connectivity index (χ4v) is 2.71.